The third-order valence-electron chi connectivity index (χ3n) is 6.40. The van der Waals surface area contributed by atoms with Crippen LogP contribution in [0, 0.1) is 5.92 Å². The van der Waals surface area contributed by atoms with Crippen LogP contribution in [0.1, 0.15) is 112 Å². The van der Waals surface area contributed by atoms with Crippen LogP contribution >= 0.6 is 0 Å². The van der Waals surface area contributed by atoms with Crippen LogP contribution in [0.15, 0.2) is 24.3 Å². The lowest BCUT2D eigenvalue weighted by Gasteiger charge is -2.44. The fourth-order valence-electron chi connectivity index (χ4n) is 4.15. The van der Waals surface area contributed by atoms with Crippen LogP contribution in [-0.4, -0.2) is 46.5 Å². The summed E-state index contributed by atoms with van der Waals surface area (Å²) in [5, 5.41) is 5.88. The highest BCUT2D eigenvalue weighted by Gasteiger charge is 2.43. The van der Waals surface area contributed by atoms with E-state index in [9.17, 15) is 14.4 Å². The van der Waals surface area contributed by atoms with Crippen LogP contribution in [-0.2, 0) is 20.7 Å². The minimum atomic E-state index is -0.843. The molecule has 210 valence electrons. The van der Waals surface area contributed by atoms with Crippen LogP contribution in [0.5, 0.6) is 0 Å². The molecular weight excluding hydrogens is 466 g/mol. The van der Waals surface area contributed by atoms with Crippen molar-refractivity contribution in [2.45, 2.75) is 125 Å². The first kappa shape index (κ1) is 32.5. The lowest BCUT2D eigenvalue weighted by Crippen LogP contribution is -2.60. The van der Waals surface area contributed by atoms with Gasteiger partial charge in [0.1, 0.15) is 17.7 Å². The lowest BCUT2D eigenvalue weighted by molar-refractivity contribution is -0.149. The molecule has 0 aromatic heterocycles. The molecule has 37 heavy (non-hydrogen) atoms. The van der Waals surface area contributed by atoms with E-state index in [1.165, 1.54) is 0 Å². The number of aryl methyl sites for hydroxylation is 1. The molecule has 0 bridgehead atoms. The summed E-state index contributed by atoms with van der Waals surface area (Å²) in [5.74, 6) is -0.689. The summed E-state index contributed by atoms with van der Waals surface area (Å²) in [6.45, 7) is 19.8. The maximum atomic E-state index is 14.3. The number of rotatable bonds is 12. The summed E-state index contributed by atoms with van der Waals surface area (Å²) < 4.78 is 5.47. The molecule has 3 unspecified atom stereocenters. The summed E-state index contributed by atoms with van der Waals surface area (Å²) in [7, 11) is 0. The highest BCUT2D eigenvalue weighted by Crippen LogP contribution is 2.31. The Morgan fingerprint density at radius 2 is 1.54 bits per heavy atom. The molecule has 3 atom stereocenters. The fourth-order valence-corrected chi connectivity index (χ4v) is 4.15. The predicted octanol–water partition coefficient (Wildman–Crippen LogP) is 6.16. The van der Waals surface area contributed by atoms with Gasteiger partial charge in [0.15, 0.2) is 0 Å². The van der Waals surface area contributed by atoms with E-state index in [1.54, 1.807) is 25.7 Å². The zero-order valence-corrected chi connectivity index (χ0v) is 24.9. The van der Waals surface area contributed by atoms with Gasteiger partial charge in [-0.2, -0.15) is 0 Å². The van der Waals surface area contributed by atoms with Crippen LogP contribution in [0.3, 0.4) is 0 Å². The van der Waals surface area contributed by atoms with E-state index in [4.69, 9.17) is 4.74 Å². The largest absolute Gasteiger partial charge is 0.444 e. The van der Waals surface area contributed by atoms with Crippen molar-refractivity contribution in [2.75, 3.05) is 6.54 Å². The van der Waals surface area contributed by atoms with Gasteiger partial charge in [-0.25, -0.2) is 4.79 Å². The second-order valence-corrected chi connectivity index (χ2v) is 11.9. The quantitative estimate of drug-likeness (QED) is 0.325. The molecule has 1 rings (SSSR count). The van der Waals surface area contributed by atoms with Gasteiger partial charge in [-0.05, 0) is 71.4 Å². The van der Waals surface area contributed by atoms with Crippen LogP contribution < -0.4 is 10.6 Å². The lowest BCUT2D eigenvalue weighted by atomic mass is 9.91. The minimum absolute atomic E-state index is 0.166. The molecule has 0 radical (unpaired) electrons. The third kappa shape index (κ3) is 10.4. The highest BCUT2D eigenvalue weighted by molar-refractivity contribution is 5.92. The monoisotopic (exact) mass is 517 g/mol. The summed E-state index contributed by atoms with van der Waals surface area (Å²) in [6, 6.07) is 6.18. The van der Waals surface area contributed by atoms with Gasteiger partial charge in [0, 0.05) is 12.1 Å². The van der Waals surface area contributed by atoms with Gasteiger partial charge in [0.2, 0.25) is 11.8 Å². The van der Waals surface area contributed by atoms with Crippen molar-refractivity contribution in [3.05, 3.63) is 35.4 Å². The molecule has 0 aliphatic carbocycles. The Balaban J connectivity index is 3.52. The number of alkyl carbamates (subject to hydrolysis) is 1. The zero-order valence-electron chi connectivity index (χ0n) is 24.9. The molecule has 0 heterocycles. The number of carbonyl (C=O) groups is 3. The van der Waals surface area contributed by atoms with Crippen LogP contribution in [0.2, 0.25) is 0 Å². The van der Waals surface area contributed by atoms with Crippen molar-refractivity contribution in [1.82, 2.24) is 15.5 Å². The van der Waals surface area contributed by atoms with Crippen molar-refractivity contribution < 1.29 is 19.1 Å². The molecule has 1 aromatic rings. The Kier molecular flexibility index (Phi) is 12.6. The van der Waals surface area contributed by atoms with E-state index in [0.717, 1.165) is 36.8 Å². The van der Waals surface area contributed by atoms with Gasteiger partial charge in [0.05, 0.1) is 0 Å². The Hall–Kier alpha value is -2.57. The maximum absolute atomic E-state index is 14.3. The van der Waals surface area contributed by atoms with E-state index in [-0.39, 0.29) is 17.7 Å². The van der Waals surface area contributed by atoms with Crippen molar-refractivity contribution >= 4 is 17.9 Å². The molecule has 0 fully saturated rings. The SMILES string of the molecule is CCCCCNC(=O)C(c1ccc(CC)cc1)N(C(=O)C(NC(=O)OC(C)(C)C)C(C)CC)C(C)(C)C. The Morgan fingerprint density at radius 3 is 2.00 bits per heavy atom. The molecule has 2 N–H and O–H groups in total. The van der Waals surface area contributed by atoms with Crippen molar-refractivity contribution in [3.8, 4) is 0 Å². The zero-order chi connectivity index (χ0) is 28.4. The first-order chi connectivity index (χ1) is 17.2. The van der Waals surface area contributed by atoms with E-state index in [2.05, 4.69) is 24.5 Å². The van der Waals surface area contributed by atoms with Gasteiger partial charge >= 0.3 is 6.09 Å². The summed E-state index contributed by atoms with van der Waals surface area (Å²) in [6.07, 6.45) is 3.86. The van der Waals surface area contributed by atoms with Gasteiger partial charge in [-0.3, -0.25) is 9.59 Å². The number of benzene rings is 1. The second kappa shape index (κ2) is 14.4. The Morgan fingerprint density at radius 1 is 0.946 bits per heavy atom. The van der Waals surface area contributed by atoms with Gasteiger partial charge in [0.25, 0.3) is 0 Å². The molecule has 7 heteroatoms. The number of carbonyl (C=O) groups excluding carboxylic acids is 3. The van der Waals surface area contributed by atoms with Crippen molar-refractivity contribution in [1.29, 1.82) is 0 Å². The molecule has 0 aliphatic heterocycles. The van der Waals surface area contributed by atoms with Crippen LogP contribution in [0.4, 0.5) is 4.79 Å². The molecule has 0 saturated carbocycles. The second-order valence-electron chi connectivity index (χ2n) is 11.9. The molecular formula is C30H51N3O4. The van der Waals surface area contributed by atoms with E-state index in [1.807, 2.05) is 58.9 Å². The molecule has 1 aromatic carbocycles. The summed E-state index contributed by atoms with van der Waals surface area (Å²) in [5.41, 5.74) is 0.503. The number of unbranched alkanes of at least 4 members (excludes halogenated alkanes) is 2. The first-order valence-electron chi connectivity index (χ1n) is 13.8. The van der Waals surface area contributed by atoms with E-state index in [0.29, 0.717) is 13.0 Å². The Labute approximate surface area is 225 Å². The number of nitrogens with one attached hydrogen (secondary N) is 2. The molecule has 7 nitrogen and oxygen atoms in total. The van der Waals surface area contributed by atoms with Gasteiger partial charge in [-0.1, -0.05) is 71.2 Å². The number of hydrogen-bond acceptors (Lipinski definition) is 4. The third-order valence-corrected chi connectivity index (χ3v) is 6.40. The molecule has 3 amide bonds. The summed E-state index contributed by atoms with van der Waals surface area (Å²) in [4.78, 5) is 42.4. The average molecular weight is 518 g/mol. The Bertz CT molecular complexity index is 868. The van der Waals surface area contributed by atoms with Gasteiger partial charge < -0.3 is 20.3 Å². The van der Waals surface area contributed by atoms with E-state index < -0.39 is 29.3 Å². The topological polar surface area (TPSA) is 87.7 Å². The standard InChI is InChI=1S/C30H51N3O4/c1-11-14-15-20-31-26(34)25(23-18-16-22(13-3)17-19-23)33(29(5,6)7)27(35)24(21(4)12-2)32-28(36)37-30(8,9)10/h16-19,21,24-25H,11-15,20H2,1-10H3,(H,31,34)(H,32,36). The van der Waals surface area contributed by atoms with Crippen molar-refractivity contribution in [2.24, 2.45) is 5.92 Å². The summed E-state index contributed by atoms with van der Waals surface area (Å²) >= 11 is 0. The van der Waals surface area contributed by atoms with Crippen LogP contribution in [0.25, 0.3) is 0 Å². The number of ether oxygens (including phenoxy) is 1. The average Bonchev–Trinajstić information content (AvgIpc) is 2.80. The minimum Gasteiger partial charge on any atom is -0.444 e. The molecule has 0 aliphatic rings. The number of amides is 3. The van der Waals surface area contributed by atoms with Crippen molar-refractivity contribution in [3.63, 3.8) is 0 Å². The predicted molar refractivity (Wildman–Crippen MR) is 150 cm³/mol. The normalized spacial score (nSPS) is 14.3. The molecule has 0 saturated heterocycles. The van der Waals surface area contributed by atoms with Gasteiger partial charge in [-0.15, -0.1) is 0 Å². The fraction of sp³-hybridized carbons (Fsp3) is 0.700. The highest BCUT2D eigenvalue weighted by atomic mass is 16.6. The van der Waals surface area contributed by atoms with E-state index >= 15 is 0 Å². The smallest absolute Gasteiger partial charge is 0.408 e. The molecule has 0 spiro atoms. The number of hydrogen-bond donors (Lipinski definition) is 2. The number of nitrogens with zero attached hydrogens (tertiary/aromatic N) is 1. The maximum Gasteiger partial charge on any atom is 0.408 e. The first-order valence-corrected chi connectivity index (χ1v) is 13.8.